The Morgan fingerprint density at radius 2 is 1.85 bits per heavy atom. The number of pyridine rings is 1. The molecule has 1 aromatic heterocycles. The minimum atomic E-state index is -4.30. The zero-order valence-electron chi connectivity index (χ0n) is 10.4. The highest BCUT2D eigenvalue weighted by Gasteiger charge is 2.45. The van der Waals surface area contributed by atoms with Crippen LogP contribution in [0.4, 0.5) is 13.2 Å². The SMILES string of the molecule is Cl.Cl.FC(F)(F)[C@H](c1cccnc1Br)N1CCNCC1. The molecule has 0 spiro atoms. The van der Waals surface area contributed by atoms with Crippen molar-refractivity contribution < 1.29 is 13.2 Å². The van der Waals surface area contributed by atoms with E-state index in [0.717, 1.165) is 0 Å². The molecule has 1 aliphatic rings. The number of halogens is 6. The Morgan fingerprint density at radius 1 is 1.25 bits per heavy atom. The van der Waals surface area contributed by atoms with Gasteiger partial charge in [0.05, 0.1) is 0 Å². The summed E-state index contributed by atoms with van der Waals surface area (Å²) in [5.74, 6) is 0. The number of piperazine rings is 1. The van der Waals surface area contributed by atoms with Gasteiger partial charge in [0.1, 0.15) is 10.6 Å². The van der Waals surface area contributed by atoms with Crippen molar-refractivity contribution in [2.24, 2.45) is 0 Å². The van der Waals surface area contributed by atoms with Crippen molar-refractivity contribution in [3.63, 3.8) is 0 Å². The first-order chi connectivity index (χ1) is 8.50. The first-order valence-electron chi connectivity index (χ1n) is 5.62. The summed E-state index contributed by atoms with van der Waals surface area (Å²) >= 11 is 3.10. The molecular formula is C11H15BrCl2F3N3. The first-order valence-corrected chi connectivity index (χ1v) is 6.41. The van der Waals surface area contributed by atoms with Crippen LogP contribution in [0.15, 0.2) is 22.9 Å². The third-order valence-corrected chi connectivity index (χ3v) is 3.57. The predicted octanol–water partition coefficient (Wildman–Crippen LogP) is 3.20. The molecule has 0 radical (unpaired) electrons. The average molecular weight is 397 g/mol. The van der Waals surface area contributed by atoms with Gasteiger partial charge in [0.15, 0.2) is 0 Å². The molecule has 1 N–H and O–H groups in total. The second-order valence-corrected chi connectivity index (χ2v) is 4.86. The summed E-state index contributed by atoms with van der Waals surface area (Å²) in [7, 11) is 0. The summed E-state index contributed by atoms with van der Waals surface area (Å²) in [5, 5.41) is 3.05. The zero-order valence-corrected chi connectivity index (χ0v) is 13.6. The van der Waals surface area contributed by atoms with E-state index in [2.05, 4.69) is 26.2 Å². The second-order valence-electron chi connectivity index (χ2n) is 4.11. The lowest BCUT2D eigenvalue weighted by molar-refractivity contribution is -0.188. The fourth-order valence-corrected chi connectivity index (χ4v) is 2.59. The molecule has 0 saturated carbocycles. The summed E-state index contributed by atoms with van der Waals surface area (Å²) in [6, 6.07) is 1.40. The predicted molar refractivity (Wildman–Crippen MR) is 79.7 cm³/mol. The lowest BCUT2D eigenvalue weighted by Crippen LogP contribution is -2.49. The molecule has 0 aromatic carbocycles. The minimum absolute atomic E-state index is 0. The molecule has 0 amide bonds. The normalized spacial score (nSPS) is 17.8. The number of hydrogen-bond acceptors (Lipinski definition) is 3. The van der Waals surface area contributed by atoms with Crippen LogP contribution in [0.1, 0.15) is 11.6 Å². The summed E-state index contributed by atoms with van der Waals surface area (Å²) in [6.45, 7) is 1.91. The van der Waals surface area contributed by atoms with Crippen LogP contribution in [0, 0.1) is 0 Å². The molecule has 116 valence electrons. The molecule has 20 heavy (non-hydrogen) atoms. The van der Waals surface area contributed by atoms with Crippen LogP contribution in [-0.2, 0) is 0 Å². The highest BCUT2D eigenvalue weighted by atomic mass is 79.9. The molecule has 2 heterocycles. The number of alkyl halides is 3. The van der Waals surface area contributed by atoms with Crippen molar-refractivity contribution in [1.29, 1.82) is 0 Å². The average Bonchev–Trinajstić information content (AvgIpc) is 2.32. The quantitative estimate of drug-likeness (QED) is 0.778. The molecule has 1 aliphatic heterocycles. The molecule has 2 rings (SSSR count). The molecule has 1 saturated heterocycles. The first kappa shape index (κ1) is 19.9. The van der Waals surface area contributed by atoms with Crippen LogP contribution in [0.25, 0.3) is 0 Å². The lowest BCUT2D eigenvalue weighted by Gasteiger charge is -2.36. The third-order valence-electron chi connectivity index (χ3n) is 2.91. The van der Waals surface area contributed by atoms with E-state index in [-0.39, 0.29) is 35.0 Å². The summed E-state index contributed by atoms with van der Waals surface area (Å²) in [5.41, 5.74) is 0.173. The largest absolute Gasteiger partial charge is 0.408 e. The fraction of sp³-hybridized carbons (Fsp3) is 0.545. The van der Waals surface area contributed by atoms with Crippen LogP contribution in [-0.4, -0.2) is 42.2 Å². The summed E-state index contributed by atoms with van der Waals surface area (Å²) in [6.07, 6.45) is -2.83. The van der Waals surface area contributed by atoms with Crippen LogP contribution >= 0.6 is 40.7 Å². The van der Waals surface area contributed by atoms with Gasteiger partial charge in [-0.3, -0.25) is 4.90 Å². The highest BCUT2D eigenvalue weighted by molar-refractivity contribution is 9.10. The van der Waals surface area contributed by atoms with Gasteiger partial charge in [-0.2, -0.15) is 13.2 Å². The van der Waals surface area contributed by atoms with E-state index in [4.69, 9.17) is 0 Å². The van der Waals surface area contributed by atoms with Gasteiger partial charge in [-0.25, -0.2) is 4.98 Å². The molecule has 0 aliphatic carbocycles. The monoisotopic (exact) mass is 395 g/mol. The second kappa shape index (κ2) is 8.38. The molecule has 3 nitrogen and oxygen atoms in total. The Bertz CT molecular complexity index is 414. The van der Waals surface area contributed by atoms with Crippen molar-refractivity contribution in [2.45, 2.75) is 12.2 Å². The molecule has 9 heteroatoms. The van der Waals surface area contributed by atoms with Crippen LogP contribution in [0.3, 0.4) is 0 Å². The van der Waals surface area contributed by atoms with Crippen LogP contribution < -0.4 is 5.32 Å². The van der Waals surface area contributed by atoms with Gasteiger partial charge < -0.3 is 5.32 Å². The minimum Gasteiger partial charge on any atom is -0.314 e. The van der Waals surface area contributed by atoms with E-state index in [0.29, 0.717) is 26.2 Å². The topological polar surface area (TPSA) is 28.2 Å². The third kappa shape index (κ3) is 4.73. The highest BCUT2D eigenvalue weighted by Crippen LogP contribution is 2.39. The smallest absolute Gasteiger partial charge is 0.314 e. The summed E-state index contributed by atoms with van der Waals surface area (Å²) < 4.78 is 40.0. The Morgan fingerprint density at radius 3 is 2.35 bits per heavy atom. The van der Waals surface area contributed by atoms with Gasteiger partial charge in [-0.05, 0) is 22.0 Å². The van der Waals surface area contributed by atoms with Crippen molar-refractivity contribution in [3.05, 3.63) is 28.5 Å². The van der Waals surface area contributed by atoms with Gasteiger partial charge in [-0.1, -0.05) is 6.07 Å². The van der Waals surface area contributed by atoms with E-state index < -0.39 is 12.2 Å². The van der Waals surface area contributed by atoms with Gasteiger partial charge in [0.2, 0.25) is 0 Å². The van der Waals surface area contributed by atoms with Crippen molar-refractivity contribution >= 4 is 40.7 Å². The number of nitrogens with zero attached hydrogens (tertiary/aromatic N) is 2. The molecule has 1 fully saturated rings. The van der Waals surface area contributed by atoms with Crippen LogP contribution in [0.5, 0.6) is 0 Å². The van der Waals surface area contributed by atoms with Gasteiger partial charge in [0.25, 0.3) is 0 Å². The van der Waals surface area contributed by atoms with E-state index in [9.17, 15) is 13.2 Å². The zero-order chi connectivity index (χ0) is 13.2. The fourth-order valence-electron chi connectivity index (χ4n) is 2.12. The van der Waals surface area contributed by atoms with E-state index in [1.165, 1.54) is 23.2 Å². The molecular weight excluding hydrogens is 382 g/mol. The molecule has 1 atom stereocenters. The molecule has 0 unspecified atom stereocenters. The van der Waals surface area contributed by atoms with Crippen LogP contribution in [0.2, 0.25) is 0 Å². The van der Waals surface area contributed by atoms with Crippen molar-refractivity contribution in [2.75, 3.05) is 26.2 Å². The summed E-state index contributed by atoms with van der Waals surface area (Å²) in [4.78, 5) is 5.33. The van der Waals surface area contributed by atoms with E-state index in [1.54, 1.807) is 0 Å². The molecule has 1 aromatic rings. The van der Waals surface area contributed by atoms with E-state index >= 15 is 0 Å². The maximum absolute atomic E-state index is 13.3. The number of nitrogens with one attached hydrogen (secondary N) is 1. The van der Waals surface area contributed by atoms with Crippen molar-refractivity contribution in [3.8, 4) is 0 Å². The van der Waals surface area contributed by atoms with Crippen molar-refractivity contribution in [1.82, 2.24) is 15.2 Å². The maximum atomic E-state index is 13.3. The lowest BCUT2D eigenvalue weighted by atomic mass is 10.1. The number of aromatic nitrogens is 1. The number of rotatable bonds is 2. The van der Waals surface area contributed by atoms with E-state index in [1.807, 2.05) is 0 Å². The standard InChI is InChI=1S/C11H13BrF3N3.2ClH/c12-10-8(2-1-3-17-10)9(11(13,14)15)18-6-4-16-5-7-18;;/h1-3,9,16H,4-7H2;2*1H/t9-;;/m0../s1. The molecule has 0 bridgehead atoms. The number of hydrogen-bond donors (Lipinski definition) is 1. The van der Waals surface area contributed by atoms with Gasteiger partial charge in [0, 0.05) is 37.9 Å². The Kier molecular flexibility index (Phi) is 8.35. The Hall–Kier alpha value is -0.0800. The van der Waals surface area contributed by atoms with Gasteiger partial charge >= 0.3 is 6.18 Å². The Balaban J connectivity index is 0.00000180. The maximum Gasteiger partial charge on any atom is 0.408 e. The Labute approximate surface area is 136 Å². The van der Waals surface area contributed by atoms with Gasteiger partial charge in [-0.15, -0.1) is 24.8 Å².